The number of ether oxygens (including phenoxy) is 2. The Morgan fingerprint density at radius 1 is 0.828 bits per heavy atom. The van der Waals surface area contributed by atoms with Gasteiger partial charge in [0, 0.05) is 6.07 Å². The molecule has 0 unspecified atom stereocenters. The molecular formula is C26H40NO2+. The second kappa shape index (κ2) is 10.2. The van der Waals surface area contributed by atoms with Crippen molar-refractivity contribution >= 4 is 5.69 Å². The third kappa shape index (κ3) is 5.99. The quantitative estimate of drug-likeness (QED) is 0.407. The molecule has 0 saturated heterocycles. The van der Waals surface area contributed by atoms with E-state index in [0.29, 0.717) is 18.4 Å². The van der Waals surface area contributed by atoms with Gasteiger partial charge in [0.25, 0.3) is 0 Å². The highest BCUT2D eigenvalue weighted by atomic mass is 16.5. The Labute approximate surface area is 178 Å². The summed E-state index contributed by atoms with van der Waals surface area (Å²) in [5.41, 5.74) is 3.87. The maximum absolute atomic E-state index is 6.56. The molecule has 160 valence electrons. The molecule has 0 heterocycles. The summed E-state index contributed by atoms with van der Waals surface area (Å²) in [4.78, 5) is 0. The first-order valence-corrected chi connectivity index (χ1v) is 11.1. The van der Waals surface area contributed by atoms with Crippen molar-refractivity contribution in [1.82, 2.24) is 4.48 Å². The third-order valence-corrected chi connectivity index (χ3v) is 5.38. The average Bonchev–Trinajstić information content (AvgIpc) is 2.65. The van der Waals surface area contributed by atoms with Crippen molar-refractivity contribution in [1.29, 1.82) is 0 Å². The van der Waals surface area contributed by atoms with Crippen LogP contribution in [-0.2, 0) is 12.8 Å². The molecule has 0 spiro atoms. The van der Waals surface area contributed by atoms with Gasteiger partial charge in [-0.25, -0.2) is 0 Å². The van der Waals surface area contributed by atoms with Gasteiger partial charge in [-0.15, -0.1) is 0 Å². The normalized spacial score (nSPS) is 11.9. The van der Waals surface area contributed by atoms with E-state index in [0.717, 1.165) is 46.8 Å². The van der Waals surface area contributed by atoms with Gasteiger partial charge in [-0.1, -0.05) is 45.9 Å². The van der Waals surface area contributed by atoms with E-state index in [1.165, 1.54) is 11.1 Å². The molecule has 0 radical (unpaired) electrons. The summed E-state index contributed by atoms with van der Waals surface area (Å²) < 4.78 is 13.4. The first kappa shape index (κ1) is 23.3. The van der Waals surface area contributed by atoms with Crippen LogP contribution in [0.3, 0.4) is 0 Å². The molecule has 0 amide bonds. The summed E-state index contributed by atoms with van der Waals surface area (Å²) in [6.07, 6.45) is 2.08. The van der Waals surface area contributed by atoms with Crippen LogP contribution in [-0.4, -0.2) is 27.2 Å². The molecule has 0 fully saturated rings. The maximum atomic E-state index is 6.56. The maximum Gasteiger partial charge on any atom is 0.223 e. The van der Waals surface area contributed by atoms with Crippen LogP contribution in [0.15, 0.2) is 36.4 Å². The lowest BCUT2D eigenvalue weighted by Gasteiger charge is -2.30. The van der Waals surface area contributed by atoms with E-state index >= 15 is 0 Å². The molecule has 0 atom stereocenters. The molecule has 0 N–H and O–H groups in total. The van der Waals surface area contributed by atoms with Crippen molar-refractivity contribution in [2.75, 3.05) is 27.2 Å². The Morgan fingerprint density at radius 2 is 1.45 bits per heavy atom. The Balaban J connectivity index is 2.54. The average molecular weight is 399 g/mol. The topological polar surface area (TPSA) is 18.5 Å². The van der Waals surface area contributed by atoms with Gasteiger partial charge in [-0.3, -0.25) is 4.48 Å². The Hall–Kier alpha value is -2.00. The van der Waals surface area contributed by atoms with E-state index in [-0.39, 0.29) is 0 Å². The fraction of sp³-hybridized carbons (Fsp3) is 0.538. The Bertz CT molecular complexity index is 793. The van der Waals surface area contributed by atoms with Gasteiger partial charge in [0.05, 0.1) is 27.2 Å². The molecular weight excluding hydrogens is 358 g/mol. The van der Waals surface area contributed by atoms with Crippen LogP contribution < -0.4 is 14.0 Å². The Morgan fingerprint density at radius 3 is 2.03 bits per heavy atom. The standard InChI is InChI=1S/C26H40NO2/c1-9-27(7,8)23-14-12-16-25(26(23)28-10-2)29-24-15-11-13-21(17-19(3)4)22(24)18-20(5)6/h11-16,19-20H,9-10,17-18H2,1-8H3/q+1. The monoisotopic (exact) mass is 398 g/mol. The molecule has 3 nitrogen and oxygen atoms in total. The van der Waals surface area contributed by atoms with Crippen molar-refractivity contribution in [3.8, 4) is 17.2 Å². The molecule has 2 aromatic carbocycles. The lowest BCUT2D eigenvalue weighted by atomic mass is 9.92. The fourth-order valence-electron chi connectivity index (χ4n) is 3.62. The van der Waals surface area contributed by atoms with Crippen molar-refractivity contribution in [2.24, 2.45) is 11.8 Å². The fourth-order valence-corrected chi connectivity index (χ4v) is 3.62. The molecule has 0 saturated carbocycles. The van der Waals surface area contributed by atoms with E-state index in [4.69, 9.17) is 9.47 Å². The predicted molar refractivity (Wildman–Crippen MR) is 125 cm³/mol. The summed E-state index contributed by atoms with van der Waals surface area (Å²) in [6.45, 7) is 14.9. The summed E-state index contributed by atoms with van der Waals surface area (Å²) in [6, 6.07) is 12.7. The zero-order chi connectivity index (χ0) is 21.6. The minimum absolute atomic E-state index is 0.569. The molecule has 0 aromatic heterocycles. The number of para-hydroxylation sites is 1. The molecule has 2 aromatic rings. The van der Waals surface area contributed by atoms with E-state index in [2.05, 4.69) is 79.0 Å². The van der Waals surface area contributed by atoms with Crippen LogP contribution in [0.5, 0.6) is 17.2 Å². The summed E-state index contributed by atoms with van der Waals surface area (Å²) in [5.74, 6) is 3.79. The van der Waals surface area contributed by atoms with Crippen molar-refractivity contribution in [3.63, 3.8) is 0 Å². The van der Waals surface area contributed by atoms with Crippen LogP contribution in [0, 0.1) is 11.8 Å². The summed E-state index contributed by atoms with van der Waals surface area (Å²) in [7, 11) is 4.41. The van der Waals surface area contributed by atoms with Crippen LogP contribution in [0.25, 0.3) is 0 Å². The van der Waals surface area contributed by atoms with Gasteiger partial charge >= 0.3 is 0 Å². The third-order valence-electron chi connectivity index (χ3n) is 5.38. The van der Waals surface area contributed by atoms with Gasteiger partial charge in [-0.2, -0.15) is 0 Å². The van der Waals surface area contributed by atoms with Gasteiger partial charge in [0.2, 0.25) is 5.75 Å². The first-order valence-electron chi connectivity index (χ1n) is 11.1. The molecule has 0 aliphatic rings. The number of benzene rings is 2. The van der Waals surface area contributed by atoms with Gasteiger partial charge in [0.1, 0.15) is 5.75 Å². The molecule has 0 aliphatic heterocycles. The largest absolute Gasteiger partial charge is 0.485 e. The lowest BCUT2D eigenvalue weighted by molar-refractivity contribution is 0.305. The van der Waals surface area contributed by atoms with Crippen LogP contribution in [0.4, 0.5) is 5.69 Å². The number of hydrogen-bond donors (Lipinski definition) is 0. The van der Waals surface area contributed by atoms with Gasteiger partial charge in [0.15, 0.2) is 11.4 Å². The second-order valence-electron chi connectivity index (χ2n) is 9.23. The second-order valence-corrected chi connectivity index (χ2v) is 9.23. The van der Waals surface area contributed by atoms with E-state index in [9.17, 15) is 0 Å². The molecule has 3 heteroatoms. The number of nitrogens with zero attached hydrogens (tertiary/aromatic N) is 1. The van der Waals surface area contributed by atoms with Crippen LogP contribution in [0.2, 0.25) is 0 Å². The number of rotatable bonds is 10. The van der Waals surface area contributed by atoms with Gasteiger partial charge < -0.3 is 9.47 Å². The molecule has 0 aliphatic carbocycles. The summed E-state index contributed by atoms with van der Waals surface area (Å²) >= 11 is 0. The zero-order valence-corrected chi connectivity index (χ0v) is 19.7. The lowest BCUT2D eigenvalue weighted by Crippen LogP contribution is -2.40. The predicted octanol–water partition coefficient (Wildman–Crippen LogP) is 6.86. The smallest absolute Gasteiger partial charge is 0.223 e. The molecule has 0 bridgehead atoms. The van der Waals surface area contributed by atoms with Gasteiger partial charge in [-0.05, 0) is 61.8 Å². The molecule has 29 heavy (non-hydrogen) atoms. The highest BCUT2D eigenvalue weighted by Crippen LogP contribution is 2.43. The first-order chi connectivity index (χ1) is 13.7. The van der Waals surface area contributed by atoms with Crippen LogP contribution >= 0.6 is 0 Å². The van der Waals surface area contributed by atoms with Crippen molar-refractivity contribution in [3.05, 3.63) is 47.5 Å². The van der Waals surface area contributed by atoms with E-state index < -0.39 is 0 Å². The molecule has 2 rings (SSSR count). The number of quaternary nitrogens is 1. The van der Waals surface area contributed by atoms with Crippen LogP contribution in [0.1, 0.15) is 52.7 Å². The highest BCUT2D eigenvalue weighted by molar-refractivity contribution is 5.63. The minimum atomic E-state index is 0.569. The SMILES string of the molecule is CCOc1c(Oc2cccc(CC(C)C)c2CC(C)C)cccc1[N+](C)(C)CC. The highest BCUT2D eigenvalue weighted by Gasteiger charge is 2.26. The summed E-state index contributed by atoms with van der Waals surface area (Å²) in [5, 5.41) is 0. The minimum Gasteiger partial charge on any atom is -0.485 e. The van der Waals surface area contributed by atoms with E-state index in [1.54, 1.807) is 0 Å². The van der Waals surface area contributed by atoms with Crippen molar-refractivity contribution < 1.29 is 9.47 Å². The Kier molecular flexibility index (Phi) is 8.15. The van der Waals surface area contributed by atoms with E-state index in [1.807, 2.05) is 13.0 Å². The zero-order valence-electron chi connectivity index (χ0n) is 19.7. The van der Waals surface area contributed by atoms with Crippen molar-refractivity contribution in [2.45, 2.75) is 54.4 Å². The number of hydrogen-bond acceptors (Lipinski definition) is 2.